The summed E-state index contributed by atoms with van der Waals surface area (Å²) in [6, 6.07) is 25.7. The second-order valence-corrected chi connectivity index (χ2v) is 10.0. The van der Waals surface area contributed by atoms with Crippen LogP contribution >= 0.6 is 11.6 Å². The van der Waals surface area contributed by atoms with Gasteiger partial charge in [-0.05, 0) is 53.6 Å². The molecule has 1 aliphatic rings. The summed E-state index contributed by atoms with van der Waals surface area (Å²) >= 11 is 5.97. The Morgan fingerprint density at radius 3 is 2.33 bits per heavy atom. The third-order valence-electron chi connectivity index (χ3n) is 7.18. The zero-order valence-corrected chi connectivity index (χ0v) is 22.8. The fourth-order valence-corrected chi connectivity index (χ4v) is 5.17. The van der Waals surface area contributed by atoms with E-state index in [1.807, 2.05) is 77.7 Å². The molecule has 0 unspecified atom stereocenters. The second-order valence-electron chi connectivity index (χ2n) is 9.57. The van der Waals surface area contributed by atoms with Gasteiger partial charge in [0, 0.05) is 54.7 Å². The van der Waals surface area contributed by atoms with E-state index in [0.717, 1.165) is 45.0 Å². The Bertz CT molecular complexity index is 1660. The molecule has 0 saturated carbocycles. The van der Waals surface area contributed by atoms with Crippen molar-refractivity contribution in [3.63, 3.8) is 0 Å². The molecule has 40 heavy (non-hydrogen) atoms. The van der Waals surface area contributed by atoms with Gasteiger partial charge in [-0.25, -0.2) is 9.97 Å². The Kier molecular flexibility index (Phi) is 7.21. The minimum Gasteiger partial charge on any atom is -0.497 e. The minimum absolute atomic E-state index is 0.00179. The fourth-order valence-electron chi connectivity index (χ4n) is 5.05. The molecule has 0 atom stereocenters. The summed E-state index contributed by atoms with van der Waals surface area (Å²) in [5.74, 6) is 1.67. The van der Waals surface area contributed by atoms with Gasteiger partial charge in [-0.15, -0.1) is 0 Å². The number of nitrogens with zero attached hydrogens (tertiary/aromatic N) is 5. The summed E-state index contributed by atoms with van der Waals surface area (Å²) in [5.41, 5.74) is 4.91. The lowest BCUT2D eigenvalue weighted by Gasteiger charge is -2.35. The summed E-state index contributed by atoms with van der Waals surface area (Å²) in [6.07, 6.45) is 7.21. The molecule has 7 nitrogen and oxygen atoms in total. The molecule has 3 aromatic carbocycles. The van der Waals surface area contributed by atoms with Crippen molar-refractivity contribution in [2.24, 2.45) is 0 Å². The molecule has 0 radical (unpaired) electrons. The van der Waals surface area contributed by atoms with E-state index >= 15 is 0 Å². The van der Waals surface area contributed by atoms with Gasteiger partial charge < -0.3 is 19.1 Å². The fraction of sp³-hybridized carbons (Fsp3) is 0.156. The smallest absolute Gasteiger partial charge is 0.246 e. The predicted octanol–water partition coefficient (Wildman–Crippen LogP) is 6.11. The van der Waals surface area contributed by atoms with Crippen molar-refractivity contribution < 1.29 is 9.53 Å². The lowest BCUT2D eigenvalue weighted by Crippen LogP contribution is -2.48. The van der Waals surface area contributed by atoms with Crippen molar-refractivity contribution in [3.05, 3.63) is 108 Å². The number of methoxy groups -OCH3 is 1. The summed E-state index contributed by atoms with van der Waals surface area (Å²) < 4.78 is 7.46. The molecule has 2 aromatic heterocycles. The monoisotopic (exact) mass is 549 g/mol. The lowest BCUT2D eigenvalue weighted by molar-refractivity contribution is -0.126. The average molecular weight is 550 g/mol. The van der Waals surface area contributed by atoms with Crippen LogP contribution in [0.5, 0.6) is 5.75 Å². The first-order chi connectivity index (χ1) is 19.6. The number of aromatic nitrogens is 3. The molecule has 0 spiro atoms. The van der Waals surface area contributed by atoms with Gasteiger partial charge in [0.1, 0.15) is 17.9 Å². The maximum atomic E-state index is 12.9. The van der Waals surface area contributed by atoms with Crippen molar-refractivity contribution >= 4 is 40.4 Å². The van der Waals surface area contributed by atoms with Gasteiger partial charge in [-0.3, -0.25) is 4.79 Å². The lowest BCUT2D eigenvalue weighted by atomic mass is 10.1. The second kappa shape index (κ2) is 11.2. The van der Waals surface area contributed by atoms with Crippen molar-refractivity contribution in [2.45, 2.75) is 0 Å². The Hall–Kier alpha value is -4.62. The quantitative estimate of drug-likeness (QED) is 0.239. The number of fused-ring (bicyclic) bond motifs is 1. The van der Waals surface area contributed by atoms with E-state index in [1.54, 1.807) is 19.5 Å². The van der Waals surface area contributed by atoms with Gasteiger partial charge in [-0.1, -0.05) is 54.1 Å². The Morgan fingerprint density at radius 1 is 0.900 bits per heavy atom. The van der Waals surface area contributed by atoms with Crippen LogP contribution in [0.2, 0.25) is 5.02 Å². The van der Waals surface area contributed by atoms with Gasteiger partial charge in [0.05, 0.1) is 12.5 Å². The van der Waals surface area contributed by atoms with Gasteiger partial charge in [-0.2, -0.15) is 0 Å². The number of amides is 1. The zero-order chi connectivity index (χ0) is 27.5. The molecular weight excluding hydrogens is 522 g/mol. The topological polar surface area (TPSA) is 63.5 Å². The van der Waals surface area contributed by atoms with Gasteiger partial charge >= 0.3 is 0 Å². The van der Waals surface area contributed by atoms with Crippen LogP contribution in [0.4, 0.5) is 5.82 Å². The Morgan fingerprint density at radius 2 is 1.62 bits per heavy atom. The maximum absolute atomic E-state index is 12.9. The third-order valence-corrected chi connectivity index (χ3v) is 7.43. The van der Waals surface area contributed by atoms with Crippen LogP contribution < -0.4 is 9.64 Å². The highest BCUT2D eigenvalue weighted by Gasteiger charge is 2.25. The van der Waals surface area contributed by atoms with Crippen LogP contribution in [-0.2, 0) is 4.79 Å². The summed E-state index contributed by atoms with van der Waals surface area (Å²) in [4.78, 5) is 26.5. The van der Waals surface area contributed by atoms with E-state index in [4.69, 9.17) is 26.3 Å². The van der Waals surface area contributed by atoms with Crippen LogP contribution in [0.25, 0.3) is 33.9 Å². The molecule has 1 fully saturated rings. The number of ether oxygens (including phenoxy) is 1. The molecule has 5 aromatic rings. The zero-order valence-electron chi connectivity index (χ0n) is 22.1. The normalized spacial score (nSPS) is 13.8. The van der Waals surface area contributed by atoms with Crippen molar-refractivity contribution in [2.75, 3.05) is 38.2 Å². The highest BCUT2D eigenvalue weighted by atomic mass is 35.5. The SMILES string of the molecule is COc1ccc(-n2cc(-c3ccccc3)c3c(N4CCN(C(=O)/C=C/c5ccc(Cl)cc5)CC4)ncnc32)cc1. The molecule has 0 bridgehead atoms. The number of rotatable bonds is 6. The summed E-state index contributed by atoms with van der Waals surface area (Å²) in [7, 11) is 1.66. The molecule has 0 aliphatic carbocycles. The molecule has 1 amide bonds. The number of carbonyl (C=O) groups excluding carboxylic acids is 1. The Labute approximate surface area is 237 Å². The molecule has 0 N–H and O–H groups in total. The van der Waals surface area contributed by atoms with Crippen LogP contribution in [0.1, 0.15) is 5.56 Å². The molecule has 1 aliphatic heterocycles. The number of anilines is 1. The van der Waals surface area contributed by atoms with Crippen LogP contribution in [0.15, 0.2) is 97.5 Å². The van der Waals surface area contributed by atoms with E-state index in [2.05, 4.69) is 27.8 Å². The van der Waals surface area contributed by atoms with Crippen LogP contribution in [0.3, 0.4) is 0 Å². The molecule has 8 heteroatoms. The predicted molar refractivity (Wildman–Crippen MR) is 160 cm³/mol. The molecular formula is C32H28ClN5O2. The van der Waals surface area contributed by atoms with E-state index in [1.165, 1.54) is 0 Å². The number of carbonyl (C=O) groups is 1. The first-order valence-corrected chi connectivity index (χ1v) is 13.5. The number of benzene rings is 3. The van der Waals surface area contributed by atoms with E-state index in [-0.39, 0.29) is 5.91 Å². The highest BCUT2D eigenvalue weighted by molar-refractivity contribution is 6.30. The van der Waals surface area contributed by atoms with Gasteiger partial charge in [0.2, 0.25) is 5.91 Å². The standard InChI is InChI=1S/C32H28ClN5O2/c1-40-27-14-12-26(13-15-27)38-21-28(24-5-3-2-4-6-24)30-31(34-22-35-32(30)38)37-19-17-36(18-20-37)29(39)16-9-23-7-10-25(33)11-8-23/h2-16,21-22H,17-20H2,1H3/b16-9+. The van der Waals surface area contributed by atoms with E-state index in [0.29, 0.717) is 31.2 Å². The maximum Gasteiger partial charge on any atom is 0.246 e. The average Bonchev–Trinajstić information content (AvgIpc) is 3.41. The van der Waals surface area contributed by atoms with Crippen molar-refractivity contribution in [3.8, 4) is 22.6 Å². The Balaban J connectivity index is 1.29. The minimum atomic E-state index is -0.00179. The summed E-state index contributed by atoms with van der Waals surface area (Å²) in [5, 5.41) is 1.67. The molecule has 6 rings (SSSR count). The molecule has 3 heterocycles. The molecule has 200 valence electrons. The number of hydrogen-bond acceptors (Lipinski definition) is 5. The van der Waals surface area contributed by atoms with Gasteiger partial charge in [0.25, 0.3) is 0 Å². The van der Waals surface area contributed by atoms with Gasteiger partial charge in [0.15, 0.2) is 5.65 Å². The molecule has 1 saturated heterocycles. The first kappa shape index (κ1) is 25.6. The number of hydrogen-bond donors (Lipinski definition) is 0. The number of halogens is 1. The largest absolute Gasteiger partial charge is 0.497 e. The van der Waals surface area contributed by atoms with Crippen LogP contribution in [-0.4, -0.2) is 58.6 Å². The highest BCUT2D eigenvalue weighted by Crippen LogP contribution is 2.37. The number of piperazine rings is 1. The van der Waals surface area contributed by atoms with E-state index < -0.39 is 0 Å². The van der Waals surface area contributed by atoms with E-state index in [9.17, 15) is 4.79 Å². The first-order valence-electron chi connectivity index (χ1n) is 13.1. The van der Waals surface area contributed by atoms with Crippen molar-refractivity contribution in [1.82, 2.24) is 19.4 Å². The third kappa shape index (κ3) is 5.16. The van der Waals surface area contributed by atoms with Crippen LogP contribution in [0, 0.1) is 0 Å². The summed E-state index contributed by atoms with van der Waals surface area (Å²) in [6.45, 7) is 2.56. The van der Waals surface area contributed by atoms with Crippen molar-refractivity contribution in [1.29, 1.82) is 0 Å².